The maximum Gasteiger partial charge on any atom is 0.0220 e. The van der Waals surface area contributed by atoms with Crippen LogP contribution in [-0.2, 0) is 6.54 Å². The Hall–Kier alpha value is -0.760. The summed E-state index contributed by atoms with van der Waals surface area (Å²) in [6, 6.07) is 2.12. The molecule has 0 saturated carbocycles. The van der Waals surface area contributed by atoms with E-state index < -0.39 is 0 Å². The third-order valence-corrected chi connectivity index (χ3v) is 2.97. The van der Waals surface area contributed by atoms with Crippen LogP contribution in [0.4, 0.5) is 0 Å². The van der Waals surface area contributed by atoms with Crippen molar-refractivity contribution in [2.45, 2.75) is 46.1 Å². The lowest BCUT2D eigenvalue weighted by Crippen LogP contribution is -2.21. The molecule has 1 heterocycles. The highest BCUT2D eigenvalue weighted by molar-refractivity contribution is 5.07. The molecule has 86 valence electrons. The molecule has 2 N–H and O–H groups in total. The van der Waals surface area contributed by atoms with E-state index >= 15 is 0 Å². The smallest absolute Gasteiger partial charge is 0.0220 e. The standard InChI is InChI=1S/C13H24N2/c1-3-5-6-12(4-2)9-15-11-13-7-8-14-10-13/h7-8,10,12,14-15H,3-6,9,11H2,1-2H3. The SMILES string of the molecule is CCCCC(CC)CNCc1cc[nH]c1. The second-order valence-electron chi connectivity index (χ2n) is 4.27. The van der Waals surface area contributed by atoms with Gasteiger partial charge in [-0.25, -0.2) is 0 Å². The minimum absolute atomic E-state index is 0.851. The van der Waals surface area contributed by atoms with Crippen LogP contribution in [0.5, 0.6) is 0 Å². The van der Waals surface area contributed by atoms with Crippen molar-refractivity contribution in [2.24, 2.45) is 5.92 Å². The average molecular weight is 208 g/mol. The molecule has 15 heavy (non-hydrogen) atoms. The Balaban J connectivity index is 2.11. The maximum absolute atomic E-state index is 3.53. The molecule has 0 amide bonds. The molecule has 1 aromatic heterocycles. The molecule has 1 unspecified atom stereocenters. The van der Waals surface area contributed by atoms with E-state index in [1.54, 1.807) is 0 Å². The second-order valence-corrected chi connectivity index (χ2v) is 4.27. The van der Waals surface area contributed by atoms with Gasteiger partial charge in [-0.1, -0.05) is 33.1 Å². The monoisotopic (exact) mass is 208 g/mol. The number of unbranched alkanes of at least 4 members (excludes halogenated alkanes) is 1. The first-order valence-corrected chi connectivity index (χ1v) is 6.19. The quantitative estimate of drug-likeness (QED) is 0.674. The Morgan fingerprint density at radius 2 is 2.27 bits per heavy atom. The molecular formula is C13H24N2. The van der Waals surface area contributed by atoms with Crippen LogP contribution in [0.1, 0.15) is 45.1 Å². The van der Waals surface area contributed by atoms with Crippen LogP contribution in [0, 0.1) is 5.92 Å². The van der Waals surface area contributed by atoms with Crippen molar-refractivity contribution in [2.75, 3.05) is 6.54 Å². The fourth-order valence-corrected chi connectivity index (χ4v) is 1.83. The maximum atomic E-state index is 3.53. The summed E-state index contributed by atoms with van der Waals surface area (Å²) in [6.45, 7) is 6.70. The Kier molecular flexibility index (Phi) is 6.17. The molecular weight excluding hydrogens is 184 g/mol. The summed E-state index contributed by atoms with van der Waals surface area (Å²) in [5.41, 5.74) is 1.35. The zero-order valence-electron chi connectivity index (χ0n) is 10.1. The fraction of sp³-hybridized carbons (Fsp3) is 0.692. The minimum atomic E-state index is 0.851. The first-order chi connectivity index (χ1) is 7.36. The van der Waals surface area contributed by atoms with E-state index in [1.807, 2.05) is 6.20 Å². The van der Waals surface area contributed by atoms with Crippen molar-refractivity contribution >= 4 is 0 Å². The highest BCUT2D eigenvalue weighted by Gasteiger charge is 2.04. The Morgan fingerprint density at radius 3 is 2.87 bits per heavy atom. The van der Waals surface area contributed by atoms with Crippen LogP contribution < -0.4 is 5.32 Å². The van der Waals surface area contributed by atoms with E-state index in [1.165, 1.54) is 31.2 Å². The summed E-state index contributed by atoms with van der Waals surface area (Å²) in [5.74, 6) is 0.851. The normalized spacial score (nSPS) is 12.9. The predicted molar refractivity (Wildman–Crippen MR) is 65.8 cm³/mol. The fourth-order valence-electron chi connectivity index (χ4n) is 1.83. The van der Waals surface area contributed by atoms with E-state index in [0.29, 0.717) is 0 Å². The molecule has 0 fully saturated rings. The highest BCUT2D eigenvalue weighted by atomic mass is 14.9. The van der Waals surface area contributed by atoms with Gasteiger partial charge in [-0.05, 0) is 30.5 Å². The first-order valence-electron chi connectivity index (χ1n) is 6.19. The van der Waals surface area contributed by atoms with Crippen molar-refractivity contribution in [3.63, 3.8) is 0 Å². The summed E-state index contributed by atoms with van der Waals surface area (Å²) < 4.78 is 0. The molecule has 0 aliphatic rings. The van der Waals surface area contributed by atoms with Gasteiger partial charge in [0.2, 0.25) is 0 Å². The van der Waals surface area contributed by atoms with E-state index in [9.17, 15) is 0 Å². The summed E-state index contributed by atoms with van der Waals surface area (Å²) in [6.07, 6.45) is 9.37. The molecule has 1 aromatic rings. The summed E-state index contributed by atoms with van der Waals surface area (Å²) in [4.78, 5) is 3.08. The number of rotatable bonds is 8. The molecule has 1 rings (SSSR count). The van der Waals surface area contributed by atoms with Crippen LogP contribution in [0.3, 0.4) is 0 Å². The van der Waals surface area contributed by atoms with Crippen molar-refractivity contribution in [3.05, 3.63) is 24.0 Å². The number of aromatic amines is 1. The van der Waals surface area contributed by atoms with E-state index in [4.69, 9.17) is 0 Å². The third-order valence-electron chi connectivity index (χ3n) is 2.97. The molecule has 0 bridgehead atoms. The summed E-state index contributed by atoms with van der Waals surface area (Å²) in [5, 5.41) is 3.53. The summed E-state index contributed by atoms with van der Waals surface area (Å²) in [7, 11) is 0. The second kappa shape index (κ2) is 7.52. The lowest BCUT2D eigenvalue weighted by molar-refractivity contribution is 0.419. The zero-order chi connectivity index (χ0) is 10.9. The average Bonchev–Trinajstić information content (AvgIpc) is 2.76. The number of nitrogens with one attached hydrogen (secondary N) is 2. The van der Waals surface area contributed by atoms with Crippen LogP contribution in [0.15, 0.2) is 18.5 Å². The van der Waals surface area contributed by atoms with E-state index in [0.717, 1.165) is 19.0 Å². The van der Waals surface area contributed by atoms with Gasteiger partial charge in [0.25, 0.3) is 0 Å². The number of H-pyrrole nitrogens is 1. The molecule has 0 aliphatic heterocycles. The van der Waals surface area contributed by atoms with Gasteiger partial charge in [0.1, 0.15) is 0 Å². The van der Waals surface area contributed by atoms with Crippen LogP contribution in [-0.4, -0.2) is 11.5 Å². The van der Waals surface area contributed by atoms with Gasteiger partial charge in [0.15, 0.2) is 0 Å². The van der Waals surface area contributed by atoms with E-state index in [-0.39, 0.29) is 0 Å². The molecule has 0 saturated heterocycles. The molecule has 2 nitrogen and oxygen atoms in total. The lowest BCUT2D eigenvalue weighted by Gasteiger charge is -2.14. The van der Waals surface area contributed by atoms with Gasteiger partial charge in [-0.3, -0.25) is 0 Å². The topological polar surface area (TPSA) is 27.8 Å². The van der Waals surface area contributed by atoms with E-state index in [2.05, 4.69) is 36.4 Å². The molecule has 0 radical (unpaired) electrons. The molecule has 0 spiro atoms. The van der Waals surface area contributed by atoms with Gasteiger partial charge in [0, 0.05) is 18.9 Å². The third kappa shape index (κ3) is 5.03. The van der Waals surface area contributed by atoms with Gasteiger partial charge in [-0.15, -0.1) is 0 Å². The molecule has 1 atom stereocenters. The lowest BCUT2D eigenvalue weighted by atomic mass is 9.99. The van der Waals surface area contributed by atoms with Gasteiger partial charge >= 0.3 is 0 Å². The summed E-state index contributed by atoms with van der Waals surface area (Å²) >= 11 is 0. The van der Waals surface area contributed by atoms with Crippen LogP contribution in [0.25, 0.3) is 0 Å². The van der Waals surface area contributed by atoms with Crippen LogP contribution >= 0.6 is 0 Å². The molecule has 0 aliphatic carbocycles. The Morgan fingerprint density at radius 1 is 1.40 bits per heavy atom. The Labute approximate surface area is 93.5 Å². The molecule has 0 aromatic carbocycles. The zero-order valence-corrected chi connectivity index (χ0v) is 10.1. The van der Waals surface area contributed by atoms with Gasteiger partial charge in [-0.2, -0.15) is 0 Å². The number of hydrogen-bond acceptors (Lipinski definition) is 1. The number of hydrogen-bond donors (Lipinski definition) is 2. The van der Waals surface area contributed by atoms with Crippen molar-refractivity contribution in [1.82, 2.24) is 10.3 Å². The van der Waals surface area contributed by atoms with Gasteiger partial charge in [0.05, 0.1) is 0 Å². The Bertz CT molecular complexity index is 229. The first kappa shape index (κ1) is 12.3. The highest BCUT2D eigenvalue weighted by Crippen LogP contribution is 2.11. The minimum Gasteiger partial charge on any atom is -0.367 e. The number of aromatic nitrogens is 1. The van der Waals surface area contributed by atoms with Crippen LogP contribution in [0.2, 0.25) is 0 Å². The van der Waals surface area contributed by atoms with Crippen molar-refractivity contribution in [1.29, 1.82) is 0 Å². The largest absolute Gasteiger partial charge is 0.367 e. The predicted octanol–water partition coefficient (Wildman–Crippen LogP) is 3.32. The van der Waals surface area contributed by atoms with Crippen molar-refractivity contribution in [3.8, 4) is 0 Å². The van der Waals surface area contributed by atoms with Gasteiger partial charge < -0.3 is 10.3 Å². The van der Waals surface area contributed by atoms with Crippen molar-refractivity contribution < 1.29 is 0 Å². The molecule has 2 heteroatoms.